The molecule has 3 nitrogen and oxygen atoms in total. The maximum absolute atomic E-state index is 4.29. The second-order valence-corrected chi connectivity index (χ2v) is 5.69. The summed E-state index contributed by atoms with van der Waals surface area (Å²) in [5.74, 6) is 0. The van der Waals surface area contributed by atoms with Crippen LogP contribution in [0.15, 0.2) is 42.7 Å². The fourth-order valence-corrected chi connectivity index (χ4v) is 2.98. The van der Waals surface area contributed by atoms with Crippen LogP contribution in [0, 0.1) is 0 Å². The van der Waals surface area contributed by atoms with Crippen molar-refractivity contribution in [2.75, 3.05) is 0 Å². The topological polar surface area (TPSA) is 29.9 Å². The van der Waals surface area contributed by atoms with E-state index in [0.29, 0.717) is 6.04 Å². The van der Waals surface area contributed by atoms with Crippen LogP contribution in [0.1, 0.15) is 44.1 Å². The van der Waals surface area contributed by atoms with Gasteiger partial charge in [0.15, 0.2) is 0 Å². The van der Waals surface area contributed by atoms with E-state index in [-0.39, 0.29) is 0 Å². The first-order valence-corrected chi connectivity index (χ1v) is 7.74. The highest BCUT2D eigenvalue weighted by atomic mass is 15.3. The molecule has 1 heterocycles. The number of hydrogen-bond acceptors (Lipinski definition) is 2. The first-order valence-electron chi connectivity index (χ1n) is 7.74. The Labute approximate surface area is 121 Å². The molecule has 1 aliphatic rings. The van der Waals surface area contributed by atoms with E-state index in [1.54, 1.807) is 0 Å². The first-order chi connectivity index (χ1) is 9.92. The molecule has 3 heteroatoms. The summed E-state index contributed by atoms with van der Waals surface area (Å²) >= 11 is 0. The average Bonchev–Trinajstić information content (AvgIpc) is 2.90. The Hall–Kier alpha value is -1.61. The van der Waals surface area contributed by atoms with E-state index in [1.807, 2.05) is 23.1 Å². The maximum atomic E-state index is 4.29. The Balaban J connectivity index is 1.61. The fourth-order valence-electron chi connectivity index (χ4n) is 2.98. The van der Waals surface area contributed by atoms with E-state index in [4.69, 9.17) is 0 Å². The van der Waals surface area contributed by atoms with Gasteiger partial charge in [-0.1, -0.05) is 37.8 Å². The molecule has 0 saturated heterocycles. The quantitative estimate of drug-likeness (QED) is 0.858. The van der Waals surface area contributed by atoms with Gasteiger partial charge in [-0.05, 0) is 36.6 Å². The summed E-state index contributed by atoms with van der Waals surface area (Å²) in [4.78, 5) is 0. The zero-order valence-electron chi connectivity index (χ0n) is 12.0. The molecule has 20 heavy (non-hydrogen) atoms. The smallest absolute Gasteiger partial charge is 0.0648 e. The Bertz CT molecular complexity index is 511. The fraction of sp³-hybridized carbons (Fsp3) is 0.471. The molecule has 1 aliphatic carbocycles. The van der Waals surface area contributed by atoms with Gasteiger partial charge in [0.25, 0.3) is 0 Å². The minimum Gasteiger partial charge on any atom is -0.310 e. The number of nitrogens with zero attached hydrogens (tertiary/aromatic N) is 2. The number of hydrogen-bond donors (Lipinski definition) is 1. The second kappa shape index (κ2) is 6.71. The molecule has 3 rings (SSSR count). The summed E-state index contributed by atoms with van der Waals surface area (Å²) in [5, 5.41) is 8.01. The van der Waals surface area contributed by atoms with Crippen LogP contribution in [0.25, 0.3) is 5.69 Å². The average molecular weight is 269 g/mol. The third-order valence-electron chi connectivity index (χ3n) is 4.13. The molecule has 0 unspecified atom stereocenters. The number of aromatic nitrogens is 2. The van der Waals surface area contributed by atoms with Gasteiger partial charge < -0.3 is 5.32 Å². The molecule has 1 saturated carbocycles. The molecule has 2 aromatic rings. The van der Waals surface area contributed by atoms with Gasteiger partial charge in [-0.2, -0.15) is 5.10 Å². The van der Waals surface area contributed by atoms with Crippen molar-refractivity contribution in [3.05, 3.63) is 48.3 Å². The Morgan fingerprint density at radius 2 is 1.95 bits per heavy atom. The van der Waals surface area contributed by atoms with Crippen molar-refractivity contribution >= 4 is 0 Å². The van der Waals surface area contributed by atoms with Gasteiger partial charge in [-0.25, -0.2) is 4.68 Å². The molecule has 0 amide bonds. The van der Waals surface area contributed by atoms with Crippen LogP contribution in [0.5, 0.6) is 0 Å². The highest BCUT2D eigenvalue weighted by molar-refractivity contribution is 5.34. The molecular weight excluding hydrogens is 246 g/mol. The summed E-state index contributed by atoms with van der Waals surface area (Å²) in [6, 6.07) is 11.3. The Morgan fingerprint density at radius 1 is 1.10 bits per heavy atom. The predicted molar refractivity (Wildman–Crippen MR) is 81.9 cm³/mol. The normalized spacial score (nSPS) is 17.0. The monoisotopic (exact) mass is 269 g/mol. The third kappa shape index (κ3) is 3.48. The van der Waals surface area contributed by atoms with Gasteiger partial charge in [0.2, 0.25) is 0 Å². The summed E-state index contributed by atoms with van der Waals surface area (Å²) in [5.41, 5.74) is 2.47. The van der Waals surface area contributed by atoms with E-state index in [0.717, 1.165) is 12.2 Å². The lowest BCUT2D eigenvalue weighted by atomic mass is 10.1. The van der Waals surface area contributed by atoms with Crippen molar-refractivity contribution in [3.8, 4) is 5.69 Å². The van der Waals surface area contributed by atoms with Gasteiger partial charge in [0.1, 0.15) is 0 Å². The van der Waals surface area contributed by atoms with Gasteiger partial charge >= 0.3 is 0 Å². The highest BCUT2D eigenvalue weighted by Gasteiger charge is 2.11. The molecule has 1 fully saturated rings. The lowest BCUT2D eigenvalue weighted by Gasteiger charge is -2.16. The van der Waals surface area contributed by atoms with E-state index >= 15 is 0 Å². The van der Waals surface area contributed by atoms with Crippen LogP contribution in [-0.4, -0.2) is 15.8 Å². The minimum atomic E-state index is 0.700. The number of rotatable bonds is 4. The molecule has 106 valence electrons. The number of nitrogens with one attached hydrogen (secondary N) is 1. The standard InChI is InChI=1S/C17H23N3/c1-2-4-9-16(8-3-1)18-14-15-7-5-10-17(13-15)20-12-6-11-19-20/h5-7,10-13,16,18H,1-4,8-9,14H2. The third-order valence-corrected chi connectivity index (χ3v) is 4.13. The van der Waals surface area contributed by atoms with Crippen LogP contribution >= 0.6 is 0 Å². The first kappa shape index (κ1) is 13.4. The van der Waals surface area contributed by atoms with E-state index in [9.17, 15) is 0 Å². The van der Waals surface area contributed by atoms with Crippen molar-refractivity contribution in [2.24, 2.45) is 0 Å². The van der Waals surface area contributed by atoms with E-state index in [2.05, 4.69) is 34.7 Å². The molecule has 0 spiro atoms. The lowest BCUT2D eigenvalue weighted by molar-refractivity contribution is 0.459. The summed E-state index contributed by atoms with van der Waals surface area (Å²) < 4.78 is 1.91. The van der Waals surface area contributed by atoms with Crippen molar-refractivity contribution < 1.29 is 0 Å². The van der Waals surface area contributed by atoms with Crippen molar-refractivity contribution in [1.29, 1.82) is 0 Å². The van der Waals surface area contributed by atoms with Crippen molar-refractivity contribution in [2.45, 2.75) is 51.1 Å². The van der Waals surface area contributed by atoms with Crippen LogP contribution in [0.3, 0.4) is 0 Å². The van der Waals surface area contributed by atoms with Crippen molar-refractivity contribution in [3.63, 3.8) is 0 Å². The predicted octanol–water partition coefficient (Wildman–Crippen LogP) is 3.68. The summed E-state index contributed by atoms with van der Waals surface area (Å²) in [7, 11) is 0. The van der Waals surface area contributed by atoms with E-state index in [1.165, 1.54) is 44.1 Å². The van der Waals surface area contributed by atoms with Gasteiger partial charge in [-0.3, -0.25) is 0 Å². The van der Waals surface area contributed by atoms with E-state index < -0.39 is 0 Å². The maximum Gasteiger partial charge on any atom is 0.0648 e. The SMILES string of the molecule is c1cc(CNC2CCCCCC2)cc(-n2cccn2)c1. The lowest BCUT2D eigenvalue weighted by Crippen LogP contribution is -2.27. The summed E-state index contributed by atoms with van der Waals surface area (Å²) in [6.07, 6.45) is 12.0. The number of benzene rings is 1. The molecular formula is C17H23N3. The molecule has 0 atom stereocenters. The Morgan fingerprint density at radius 3 is 2.70 bits per heavy atom. The van der Waals surface area contributed by atoms with Gasteiger partial charge in [-0.15, -0.1) is 0 Å². The second-order valence-electron chi connectivity index (χ2n) is 5.69. The van der Waals surface area contributed by atoms with Crippen LogP contribution in [-0.2, 0) is 6.54 Å². The molecule has 1 aromatic carbocycles. The molecule has 1 N–H and O–H groups in total. The molecule has 0 bridgehead atoms. The largest absolute Gasteiger partial charge is 0.310 e. The van der Waals surface area contributed by atoms with Gasteiger partial charge in [0.05, 0.1) is 5.69 Å². The zero-order chi connectivity index (χ0) is 13.6. The van der Waals surface area contributed by atoms with Gasteiger partial charge in [0, 0.05) is 25.0 Å². The zero-order valence-corrected chi connectivity index (χ0v) is 12.0. The molecule has 0 radical (unpaired) electrons. The molecule has 0 aliphatic heterocycles. The van der Waals surface area contributed by atoms with Crippen LogP contribution in [0.4, 0.5) is 0 Å². The van der Waals surface area contributed by atoms with Crippen LogP contribution < -0.4 is 5.32 Å². The minimum absolute atomic E-state index is 0.700. The summed E-state index contributed by atoms with van der Waals surface area (Å²) in [6.45, 7) is 0.958. The van der Waals surface area contributed by atoms with Crippen LogP contribution in [0.2, 0.25) is 0 Å². The van der Waals surface area contributed by atoms with Crippen molar-refractivity contribution in [1.82, 2.24) is 15.1 Å². The Kier molecular flexibility index (Phi) is 4.49. The molecule has 1 aromatic heterocycles. The highest BCUT2D eigenvalue weighted by Crippen LogP contribution is 2.18.